The van der Waals surface area contributed by atoms with E-state index in [1.807, 2.05) is 64.4 Å². The van der Waals surface area contributed by atoms with Crippen molar-refractivity contribution in [1.29, 1.82) is 0 Å². The highest BCUT2D eigenvalue weighted by molar-refractivity contribution is 5.77. The molecule has 8 nitrogen and oxygen atoms in total. The molecule has 39 heavy (non-hydrogen) atoms. The summed E-state index contributed by atoms with van der Waals surface area (Å²) in [6.07, 6.45) is 4.55. The Morgan fingerprint density at radius 2 is 1.62 bits per heavy atom. The Hall–Kier alpha value is -3.20. The molecule has 0 aromatic heterocycles. The third-order valence-corrected chi connectivity index (χ3v) is 8.30. The molecule has 0 radical (unpaired) electrons. The molecule has 0 amide bonds. The molecule has 2 unspecified atom stereocenters. The van der Waals surface area contributed by atoms with E-state index in [4.69, 9.17) is 15.2 Å². The monoisotopic (exact) mass is 533 g/mol. The molecule has 208 valence electrons. The van der Waals surface area contributed by atoms with Crippen LogP contribution in [0.15, 0.2) is 64.2 Å². The second-order valence-corrected chi connectivity index (χ2v) is 10.9. The van der Waals surface area contributed by atoms with Gasteiger partial charge in [0.05, 0.1) is 5.60 Å². The number of aliphatic hydroxyl groups is 1. The number of para-hydroxylation sites is 2. The van der Waals surface area contributed by atoms with Gasteiger partial charge in [-0.3, -0.25) is 9.59 Å². The van der Waals surface area contributed by atoms with Crippen LogP contribution in [-0.2, 0) is 10.3 Å². The van der Waals surface area contributed by atoms with Gasteiger partial charge in [0.2, 0.25) is 0 Å². The van der Waals surface area contributed by atoms with Crippen LogP contribution in [0, 0.1) is 5.92 Å². The molecule has 0 bridgehead atoms. The van der Waals surface area contributed by atoms with Gasteiger partial charge >= 0.3 is 0 Å². The fraction of sp³-hybridized carbons (Fsp3) is 0.484. The fourth-order valence-corrected chi connectivity index (χ4v) is 6.24. The number of nitrogens with zero attached hydrogens (tertiary/aromatic N) is 2. The van der Waals surface area contributed by atoms with E-state index in [9.17, 15) is 14.7 Å². The number of unbranched alkanes of at least 4 members (excludes halogenated alkanes) is 1. The molecule has 3 N–H and O–H groups in total. The minimum atomic E-state index is -1.19. The normalized spacial score (nSPS) is 21.3. The number of anilines is 2. The predicted octanol–water partition coefficient (Wildman–Crippen LogP) is 3.53. The summed E-state index contributed by atoms with van der Waals surface area (Å²) in [6.45, 7) is 3.06. The maximum atomic E-state index is 12.8. The number of nitrogens with two attached hydrogens (primary N) is 1. The highest BCUT2D eigenvalue weighted by atomic mass is 16.5. The summed E-state index contributed by atoms with van der Waals surface area (Å²) >= 11 is 0. The Labute approximate surface area is 229 Å². The molecule has 2 aliphatic rings. The van der Waals surface area contributed by atoms with E-state index in [1.54, 1.807) is 7.11 Å². The second-order valence-electron chi connectivity index (χ2n) is 10.9. The average Bonchev–Trinajstić information content (AvgIpc) is 3.39. The van der Waals surface area contributed by atoms with Gasteiger partial charge in [-0.15, -0.1) is 0 Å². The Morgan fingerprint density at radius 1 is 0.923 bits per heavy atom. The summed E-state index contributed by atoms with van der Waals surface area (Å²) in [6, 6.07) is 17.3. The van der Waals surface area contributed by atoms with Gasteiger partial charge in [-0.05, 0) is 56.7 Å². The minimum absolute atomic E-state index is 0.00895. The molecule has 5 rings (SSSR count). The Balaban J connectivity index is 1.45. The van der Waals surface area contributed by atoms with Gasteiger partial charge in [0.15, 0.2) is 0 Å². The third kappa shape index (κ3) is 5.60. The summed E-state index contributed by atoms with van der Waals surface area (Å²) in [7, 11) is 1.68. The summed E-state index contributed by atoms with van der Waals surface area (Å²) in [5.41, 5.74) is 5.81. The molecule has 3 atom stereocenters. The first kappa shape index (κ1) is 27.4. The first-order valence-corrected chi connectivity index (χ1v) is 14.0. The molecule has 2 saturated heterocycles. The standard InChI is InChI=1S/C31H39N3O5/c1-38-19-8-7-16-31(37,25-13-5-6-14-26(25)39-24-11-3-2-4-12-24)22-10-9-17-33(20-22)27-28(30(36)29(27)35)34-18-15-23(32)21-34/h2-6,11-14,22-23,37H,7-10,15-21,32H2,1H3/t22?,23?,31-/m0/s1. The van der Waals surface area contributed by atoms with Crippen molar-refractivity contribution in [3.05, 3.63) is 80.6 Å². The predicted molar refractivity (Wildman–Crippen MR) is 154 cm³/mol. The van der Waals surface area contributed by atoms with Crippen molar-refractivity contribution in [1.82, 2.24) is 0 Å². The number of methoxy groups -OCH3 is 1. The largest absolute Gasteiger partial charge is 0.457 e. The van der Waals surface area contributed by atoms with Crippen LogP contribution in [0.2, 0.25) is 0 Å². The van der Waals surface area contributed by atoms with Crippen molar-refractivity contribution in [3.63, 3.8) is 0 Å². The van der Waals surface area contributed by atoms with Crippen LogP contribution in [0.25, 0.3) is 0 Å². The van der Waals surface area contributed by atoms with Gasteiger partial charge in [-0.2, -0.15) is 0 Å². The van der Waals surface area contributed by atoms with Gasteiger partial charge in [0.25, 0.3) is 10.9 Å². The van der Waals surface area contributed by atoms with Crippen LogP contribution < -0.4 is 31.1 Å². The lowest BCUT2D eigenvalue weighted by molar-refractivity contribution is -0.0413. The van der Waals surface area contributed by atoms with Crippen molar-refractivity contribution in [2.75, 3.05) is 49.7 Å². The van der Waals surface area contributed by atoms with Crippen LogP contribution in [0.5, 0.6) is 11.5 Å². The summed E-state index contributed by atoms with van der Waals surface area (Å²) in [5.74, 6) is 1.16. The van der Waals surface area contributed by atoms with Crippen LogP contribution in [0.3, 0.4) is 0 Å². The van der Waals surface area contributed by atoms with Gasteiger partial charge < -0.3 is 30.1 Å². The summed E-state index contributed by atoms with van der Waals surface area (Å²) < 4.78 is 11.5. The van der Waals surface area contributed by atoms with E-state index in [0.717, 1.165) is 37.7 Å². The smallest absolute Gasteiger partial charge is 0.253 e. The maximum Gasteiger partial charge on any atom is 0.253 e. The molecular weight excluding hydrogens is 494 g/mol. The van der Waals surface area contributed by atoms with Crippen molar-refractivity contribution in [3.8, 4) is 11.5 Å². The highest BCUT2D eigenvalue weighted by Crippen LogP contribution is 2.45. The Kier molecular flexibility index (Phi) is 8.35. The first-order valence-electron chi connectivity index (χ1n) is 14.0. The van der Waals surface area contributed by atoms with E-state index < -0.39 is 16.5 Å². The number of hydrogen-bond donors (Lipinski definition) is 2. The van der Waals surface area contributed by atoms with E-state index in [2.05, 4.69) is 0 Å². The Bertz CT molecular complexity index is 1320. The quantitative estimate of drug-likeness (QED) is 0.285. The maximum absolute atomic E-state index is 12.8. The zero-order valence-corrected chi connectivity index (χ0v) is 22.7. The second kappa shape index (κ2) is 11.9. The molecule has 0 spiro atoms. The van der Waals surface area contributed by atoms with Crippen molar-refractivity contribution < 1.29 is 14.6 Å². The molecule has 2 aliphatic heterocycles. The highest BCUT2D eigenvalue weighted by Gasteiger charge is 2.44. The molecule has 0 aliphatic carbocycles. The van der Waals surface area contributed by atoms with E-state index in [0.29, 0.717) is 62.1 Å². The van der Waals surface area contributed by atoms with Gasteiger partial charge in [0, 0.05) is 57.4 Å². The summed E-state index contributed by atoms with van der Waals surface area (Å²) in [5, 5.41) is 12.5. The fourth-order valence-electron chi connectivity index (χ4n) is 6.24. The van der Waals surface area contributed by atoms with Crippen molar-refractivity contribution in [2.45, 2.75) is 50.2 Å². The number of ether oxygens (including phenoxy) is 2. The van der Waals surface area contributed by atoms with Gasteiger partial charge in [-0.1, -0.05) is 36.4 Å². The third-order valence-electron chi connectivity index (χ3n) is 8.30. The zero-order valence-electron chi connectivity index (χ0n) is 22.7. The van der Waals surface area contributed by atoms with E-state index in [-0.39, 0.29) is 12.0 Å². The van der Waals surface area contributed by atoms with Gasteiger partial charge in [-0.25, -0.2) is 0 Å². The van der Waals surface area contributed by atoms with Crippen LogP contribution in [0.4, 0.5) is 11.4 Å². The SMILES string of the molecule is COCCCC[C@@](O)(c1ccccc1Oc1ccccc1)C1CCCN(c2c(N3CCC(N)C3)c(=O)c2=O)C1. The number of piperidine rings is 1. The van der Waals surface area contributed by atoms with Crippen LogP contribution >= 0.6 is 0 Å². The molecular formula is C31H39N3O5. The first-order chi connectivity index (χ1) is 18.9. The lowest BCUT2D eigenvalue weighted by atomic mass is 9.73. The molecule has 2 heterocycles. The van der Waals surface area contributed by atoms with E-state index >= 15 is 0 Å². The zero-order chi connectivity index (χ0) is 27.4. The average molecular weight is 534 g/mol. The minimum Gasteiger partial charge on any atom is -0.457 e. The van der Waals surface area contributed by atoms with Gasteiger partial charge in [0.1, 0.15) is 22.9 Å². The topological polar surface area (TPSA) is 105 Å². The lowest BCUT2D eigenvalue weighted by Crippen LogP contribution is -2.52. The van der Waals surface area contributed by atoms with E-state index in [1.165, 1.54) is 0 Å². The Morgan fingerprint density at radius 3 is 2.31 bits per heavy atom. The molecule has 3 aromatic carbocycles. The molecule has 2 fully saturated rings. The number of benzene rings is 2. The molecule has 3 aromatic rings. The number of rotatable bonds is 11. The van der Waals surface area contributed by atoms with Crippen molar-refractivity contribution in [2.24, 2.45) is 11.7 Å². The summed E-state index contributed by atoms with van der Waals surface area (Å²) in [4.78, 5) is 29.5. The molecule has 0 saturated carbocycles. The van der Waals surface area contributed by atoms with Crippen LogP contribution in [-0.4, -0.2) is 51.0 Å². The molecule has 8 heteroatoms. The number of hydrogen-bond acceptors (Lipinski definition) is 8. The van der Waals surface area contributed by atoms with Crippen molar-refractivity contribution >= 4 is 11.4 Å². The van der Waals surface area contributed by atoms with Crippen LogP contribution in [0.1, 0.15) is 44.1 Å². The lowest BCUT2D eigenvalue weighted by Gasteiger charge is -2.44.